The van der Waals surface area contributed by atoms with Gasteiger partial charge in [0.1, 0.15) is 0 Å². The van der Waals surface area contributed by atoms with Crippen molar-refractivity contribution in [2.24, 2.45) is 7.05 Å². The van der Waals surface area contributed by atoms with Gasteiger partial charge < -0.3 is 9.13 Å². The van der Waals surface area contributed by atoms with Gasteiger partial charge in [-0.05, 0) is 30.3 Å². The van der Waals surface area contributed by atoms with E-state index in [4.69, 9.17) is 0 Å². The van der Waals surface area contributed by atoms with E-state index in [1.165, 1.54) is 44.0 Å². The fraction of sp³-hybridized carbons (Fsp3) is 0.0400. The molecule has 2 nitrogen and oxygen atoms in total. The Kier molecular flexibility index (Phi) is 2.76. The van der Waals surface area contributed by atoms with E-state index in [9.17, 15) is 0 Å². The molecule has 0 spiro atoms. The third-order valence-corrected chi connectivity index (χ3v) is 5.62. The molecule has 0 N–H and O–H groups in total. The molecular weight excluding hydrogens is 328 g/mol. The van der Waals surface area contributed by atoms with E-state index in [0.29, 0.717) is 0 Å². The normalized spacial score (nSPS) is 12.5. The van der Waals surface area contributed by atoms with Crippen molar-refractivity contribution in [2.45, 2.75) is 0 Å². The Morgan fingerprint density at radius 1 is 0.667 bits per heavy atom. The second-order valence-corrected chi connectivity index (χ2v) is 7.01. The SMILES string of the molecule is Cn1c2ccccc2c2ccc(-n3c4c(c5ccccc53)C=C=C=C4)cc21. The molecule has 0 amide bonds. The number of nitrogens with zero attached hydrogens (tertiary/aromatic N) is 2. The van der Waals surface area contributed by atoms with Gasteiger partial charge in [-0.15, -0.1) is 0 Å². The van der Waals surface area contributed by atoms with Gasteiger partial charge in [0.05, 0.1) is 16.7 Å². The largest absolute Gasteiger partial charge is 0.344 e. The van der Waals surface area contributed by atoms with Crippen molar-refractivity contribution in [2.75, 3.05) is 0 Å². The predicted octanol–water partition coefficient (Wildman–Crippen LogP) is 6.07. The summed E-state index contributed by atoms with van der Waals surface area (Å²) in [5.74, 6) is 0. The Labute approximate surface area is 156 Å². The molecule has 126 valence electrons. The highest BCUT2D eigenvalue weighted by Crippen LogP contribution is 2.35. The van der Waals surface area contributed by atoms with Crippen molar-refractivity contribution in [1.29, 1.82) is 0 Å². The Morgan fingerprint density at radius 2 is 1.37 bits per heavy atom. The zero-order valence-corrected chi connectivity index (χ0v) is 14.9. The fourth-order valence-electron chi connectivity index (χ4n) is 4.37. The lowest BCUT2D eigenvalue weighted by atomic mass is 10.1. The van der Waals surface area contributed by atoms with Crippen LogP contribution in [-0.4, -0.2) is 9.13 Å². The first-order valence-corrected chi connectivity index (χ1v) is 9.11. The summed E-state index contributed by atoms with van der Waals surface area (Å²) in [6.07, 6.45) is 4.06. The van der Waals surface area contributed by atoms with Crippen LogP contribution in [0.2, 0.25) is 0 Å². The lowest BCUT2D eigenvalue weighted by molar-refractivity contribution is 1.01. The van der Waals surface area contributed by atoms with Crippen molar-refractivity contribution in [1.82, 2.24) is 9.13 Å². The molecule has 5 aromatic rings. The molecule has 2 heteroatoms. The van der Waals surface area contributed by atoms with Crippen LogP contribution in [0.1, 0.15) is 11.3 Å². The zero-order valence-electron chi connectivity index (χ0n) is 14.9. The number of hydrogen-bond donors (Lipinski definition) is 0. The molecule has 6 rings (SSSR count). The van der Waals surface area contributed by atoms with Crippen LogP contribution in [0.5, 0.6) is 0 Å². The highest BCUT2D eigenvalue weighted by Gasteiger charge is 2.17. The zero-order chi connectivity index (χ0) is 18.0. The van der Waals surface area contributed by atoms with Crippen molar-refractivity contribution >= 4 is 44.9 Å². The predicted molar refractivity (Wildman–Crippen MR) is 113 cm³/mol. The third kappa shape index (κ3) is 1.86. The highest BCUT2D eigenvalue weighted by molar-refractivity contribution is 6.08. The summed E-state index contributed by atoms with van der Waals surface area (Å²) in [6.45, 7) is 0. The third-order valence-electron chi connectivity index (χ3n) is 5.62. The van der Waals surface area contributed by atoms with Crippen LogP contribution in [-0.2, 0) is 7.05 Å². The van der Waals surface area contributed by atoms with E-state index in [2.05, 4.69) is 94.4 Å². The van der Waals surface area contributed by atoms with E-state index in [-0.39, 0.29) is 0 Å². The molecule has 0 radical (unpaired) electrons. The Hall–Kier alpha value is -3.70. The lowest BCUT2D eigenvalue weighted by Crippen LogP contribution is -1.98. The van der Waals surface area contributed by atoms with E-state index in [0.717, 1.165) is 5.69 Å². The molecule has 1 aliphatic rings. The molecule has 2 heterocycles. The highest BCUT2D eigenvalue weighted by atomic mass is 15.0. The van der Waals surface area contributed by atoms with Crippen molar-refractivity contribution in [3.63, 3.8) is 0 Å². The molecule has 2 aromatic heterocycles. The van der Waals surface area contributed by atoms with E-state index >= 15 is 0 Å². The van der Waals surface area contributed by atoms with E-state index in [1.807, 2.05) is 12.2 Å². The van der Waals surface area contributed by atoms with E-state index < -0.39 is 0 Å². The van der Waals surface area contributed by atoms with Gasteiger partial charge in [-0.2, -0.15) is 0 Å². The minimum Gasteiger partial charge on any atom is -0.344 e. The van der Waals surface area contributed by atoms with Gasteiger partial charge in [0.15, 0.2) is 0 Å². The molecule has 0 atom stereocenters. The summed E-state index contributed by atoms with van der Waals surface area (Å²) in [5.41, 5.74) is 13.5. The van der Waals surface area contributed by atoms with Gasteiger partial charge >= 0.3 is 0 Å². The summed E-state index contributed by atoms with van der Waals surface area (Å²) in [5, 5.41) is 3.83. The molecule has 0 bridgehead atoms. The Morgan fingerprint density at radius 3 is 2.26 bits per heavy atom. The quantitative estimate of drug-likeness (QED) is 0.320. The maximum Gasteiger partial charge on any atom is 0.0631 e. The number of aromatic nitrogens is 2. The van der Waals surface area contributed by atoms with Crippen LogP contribution in [0.25, 0.3) is 50.5 Å². The molecule has 27 heavy (non-hydrogen) atoms. The molecule has 0 fully saturated rings. The first kappa shape index (κ1) is 14.5. The summed E-state index contributed by atoms with van der Waals surface area (Å²) in [7, 11) is 2.14. The number of fused-ring (bicyclic) bond motifs is 6. The van der Waals surface area contributed by atoms with Crippen LogP contribution in [0.15, 0.2) is 78.2 Å². The summed E-state index contributed by atoms with van der Waals surface area (Å²) in [4.78, 5) is 0. The number of hydrogen-bond acceptors (Lipinski definition) is 0. The summed E-state index contributed by atoms with van der Waals surface area (Å²) in [6, 6.07) is 23.9. The molecule has 1 aliphatic carbocycles. The number of benzene rings is 3. The van der Waals surface area contributed by atoms with Gasteiger partial charge in [0, 0.05) is 46.0 Å². The minimum absolute atomic E-state index is 1.16. The van der Waals surface area contributed by atoms with Crippen LogP contribution >= 0.6 is 0 Å². The van der Waals surface area contributed by atoms with Gasteiger partial charge in [0.2, 0.25) is 0 Å². The smallest absolute Gasteiger partial charge is 0.0631 e. The van der Waals surface area contributed by atoms with Crippen molar-refractivity contribution in [3.05, 3.63) is 89.4 Å². The van der Waals surface area contributed by atoms with Gasteiger partial charge in [-0.25, -0.2) is 0 Å². The molecule has 0 unspecified atom stereocenters. The second-order valence-electron chi connectivity index (χ2n) is 7.01. The summed E-state index contributed by atoms with van der Waals surface area (Å²) >= 11 is 0. The van der Waals surface area contributed by atoms with Crippen LogP contribution in [0.3, 0.4) is 0 Å². The number of para-hydroxylation sites is 2. The van der Waals surface area contributed by atoms with Crippen LogP contribution in [0.4, 0.5) is 0 Å². The summed E-state index contributed by atoms with van der Waals surface area (Å²) < 4.78 is 4.61. The van der Waals surface area contributed by atoms with E-state index in [1.54, 1.807) is 0 Å². The first-order valence-electron chi connectivity index (χ1n) is 9.11. The van der Waals surface area contributed by atoms with Crippen LogP contribution < -0.4 is 0 Å². The standard InChI is InChI=1S/C25H16N2/c1-26-22-11-5-2-8-18(22)21-15-14-17(16-25(21)26)27-23-12-6-3-9-19(23)20-10-4-7-13-24(20)27/h2-3,5-6,8-16H,1H3. The molecule has 0 saturated carbocycles. The lowest BCUT2D eigenvalue weighted by Gasteiger charge is -2.10. The number of rotatable bonds is 1. The Bertz CT molecular complexity index is 1490. The molecule has 0 saturated heterocycles. The first-order chi connectivity index (χ1) is 13.3. The average Bonchev–Trinajstić information content (AvgIpc) is 3.21. The van der Waals surface area contributed by atoms with Crippen molar-refractivity contribution in [3.8, 4) is 5.69 Å². The topological polar surface area (TPSA) is 9.86 Å². The average molecular weight is 344 g/mol. The monoisotopic (exact) mass is 344 g/mol. The van der Waals surface area contributed by atoms with Gasteiger partial charge in [0.25, 0.3) is 0 Å². The molecule has 0 aliphatic heterocycles. The minimum atomic E-state index is 1.16. The van der Waals surface area contributed by atoms with Crippen molar-refractivity contribution < 1.29 is 0 Å². The maximum atomic E-state index is 3.13. The molecule has 3 aromatic carbocycles. The van der Waals surface area contributed by atoms with Crippen LogP contribution in [0, 0.1) is 0 Å². The second kappa shape index (κ2) is 5.16. The Balaban J connectivity index is 1.73. The number of aryl methyl sites for hydroxylation is 1. The van der Waals surface area contributed by atoms with Gasteiger partial charge in [-0.1, -0.05) is 53.9 Å². The van der Waals surface area contributed by atoms with Gasteiger partial charge in [-0.3, -0.25) is 0 Å². The molecular formula is C25H16N2. The fourth-order valence-corrected chi connectivity index (χ4v) is 4.37. The maximum absolute atomic E-state index is 3.13.